The Labute approximate surface area is 916 Å². The van der Waals surface area contributed by atoms with Crippen LogP contribution in [0.1, 0.15) is 120 Å². The van der Waals surface area contributed by atoms with Crippen molar-refractivity contribution in [2.45, 2.75) is 109 Å². The van der Waals surface area contributed by atoms with Crippen molar-refractivity contribution in [2.24, 2.45) is 0 Å². The van der Waals surface area contributed by atoms with Gasteiger partial charge in [-0.05, 0) is 228 Å². The number of nitrogens with zero attached hydrogens (tertiary/aromatic N) is 12. The Hall–Kier alpha value is -14.6. The monoisotopic (exact) mass is 2610 g/mol. The van der Waals surface area contributed by atoms with E-state index < -0.39 is 40.2 Å². The molecule has 0 aliphatic rings. The molecule has 0 spiro atoms. The molecule has 144 heavy (non-hydrogen) atoms. The summed E-state index contributed by atoms with van der Waals surface area (Å²) in [5.41, 5.74) is 27.5. The Morgan fingerprint density at radius 1 is 0.264 bits per heavy atom. The maximum Gasteiger partial charge on any atom is 0.216 e. The molecule has 0 bridgehead atoms. The third-order valence-electron chi connectivity index (χ3n) is 22.5. The molecular weight excluding hydrogens is 2490 g/mol. The fourth-order valence-electron chi connectivity index (χ4n) is 15.8. The number of pyridine rings is 12. The van der Waals surface area contributed by atoms with E-state index in [0.717, 1.165) is 162 Å². The molecular formula is C124H100Ir4N12O4-8. The van der Waals surface area contributed by atoms with Crippen LogP contribution in [0.15, 0.2) is 346 Å². The van der Waals surface area contributed by atoms with Crippen LogP contribution in [0.25, 0.3) is 178 Å². The average molecular weight is 2610 g/mol. The van der Waals surface area contributed by atoms with Crippen LogP contribution in [-0.4, -0.2) is 59.8 Å². The second kappa shape index (κ2) is 49.9. The van der Waals surface area contributed by atoms with Crippen LogP contribution in [-0.2, 0) is 80.4 Å². The SMILES string of the molecule is Cc1cc(C)c2c(n1)oc1c(-c3ccccn3)[c-]ccc12.Cc1cc(C)c2c(n1)oc1c(-c3ccccn3)[c-]ccc12.Cc1cc(C)c2c(n1)oc1c(-c3ccccn3)[c-]ccc12.[2H]C([2H])([2H])c1c[c-]c(-c2cc(C([2H])(C)C([2H])([2H])[2H])ccn2)c2oc3nc(C)ccc3c12.[2H]C([2H])([2H])c1ccc(-c2[c-]cccc2)nc1.[2H]C([2H])([2H])c1cnc(-c2[c-]cccc2)cc1C.[2H]C([2H])([2H])c1cnc(-c2[c-]cccc2)cc1C.[Ir].[Ir].[Ir].[Ir].[c-]1ccccc1-c1ccccn1. The van der Waals surface area contributed by atoms with Gasteiger partial charge in [-0.15, -0.1) is 216 Å². The zero-order chi connectivity index (χ0) is 111. The van der Waals surface area contributed by atoms with Crippen molar-refractivity contribution in [1.82, 2.24) is 59.8 Å². The summed E-state index contributed by atoms with van der Waals surface area (Å²) in [6.45, 7) is 7.66. The minimum absolute atomic E-state index is 0. The number of hydrogen-bond acceptors (Lipinski definition) is 16. The Morgan fingerprint density at radius 2 is 0.639 bits per heavy atom. The first-order chi connectivity index (χ1) is 74.5. The molecule has 0 fully saturated rings. The number of fused-ring (bicyclic) bond motifs is 12. The van der Waals surface area contributed by atoms with Crippen molar-refractivity contribution in [2.75, 3.05) is 0 Å². The fourth-order valence-corrected chi connectivity index (χ4v) is 15.8. The number of hydrogen-bond donors (Lipinski definition) is 0. The molecule has 0 saturated carbocycles. The first kappa shape index (κ1) is 86.1. The van der Waals surface area contributed by atoms with Crippen LogP contribution in [0.2, 0.25) is 0 Å². The quantitative estimate of drug-likeness (QED) is 0.123. The normalized spacial score (nSPS) is 13.1. The van der Waals surface area contributed by atoms with E-state index in [-0.39, 0.29) is 103 Å². The predicted molar refractivity (Wildman–Crippen MR) is 564 cm³/mol. The van der Waals surface area contributed by atoms with Gasteiger partial charge in [-0.25, -0.2) is 19.9 Å². The molecule has 1 atom stereocenters. The molecule has 724 valence electrons. The Kier molecular flexibility index (Phi) is 29.8. The molecule has 24 aromatic rings. The fraction of sp³-hybridized carbons (Fsp3) is 0.129. The van der Waals surface area contributed by atoms with Gasteiger partial charge >= 0.3 is 0 Å². The topological polar surface area (TPSA) is 207 Å². The van der Waals surface area contributed by atoms with Crippen molar-refractivity contribution >= 4 is 88.3 Å². The number of furan rings is 4. The summed E-state index contributed by atoms with van der Waals surface area (Å²) in [6, 6.07) is 111. The maximum atomic E-state index is 8.36. The van der Waals surface area contributed by atoms with Gasteiger partial charge in [0, 0.05) is 196 Å². The Bertz CT molecular complexity index is 8610. The van der Waals surface area contributed by atoms with Crippen LogP contribution in [0, 0.1) is 138 Å². The largest absolute Gasteiger partial charge is 0.486 e. The maximum absolute atomic E-state index is 8.36. The zero-order valence-corrected chi connectivity index (χ0v) is 89.1. The molecule has 0 N–H and O–H groups in total. The van der Waals surface area contributed by atoms with Crippen LogP contribution >= 0.6 is 0 Å². The van der Waals surface area contributed by atoms with Gasteiger partial charge in [0.2, 0.25) is 22.9 Å². The molecule has 16 aromatic heterocycles. The van der Waals surface area contributed by atoms with E-state index in [0.29, 0.717) is 56.0 Å². The van der Waals surface area contributed by atoms with E-state index in [1.54, 1.807) is 88.0 Å². The van der Waals surface area contributed by atoms with Crippen molar-refractivity contribution in [3.8, 4) is 90.1 Å². The van der Waals surface area contributed by atoms with Gasteiger partial charge in [0.05, 0.1) is 22.3 Å². The van der Waals surface area contributed by atoms with Crippen LogP contribution < -0.4 is 0 Å². The van der Waals surface area contributed by atoms with Gasteiger partial charge < -0.3 is 57.5 Å². The third-order valence-corrected chi connectivity index (χ3v) is 22.5. The van der Waals surface area contributed by atoms with Crippen molar-refractivity contribution in [3.63, 3.8) is 0 Å². The molecule has 24 rings (SSSR count). The van der Waals surface area contributed by atoms with Gasteiger partial charge in [-0.3, -0.25) is 0 Å². The molecule has 0 aliphatic heterocycles. The van der Waals surface area contributed by atoms with Crippen molar-refractivity contribution in [3.05, 3.63) is 456 Å². The summed E-state index contributed by atoms with van der Waals surface area (Å²) >= 11 is 0. The molecule has 8 aromatic carbocycles. The minimum Gasteiger partial charge on any atom is -0.486 e. The molecule has 0 aliphatic carbocycles. The first-order valence-corrected chi connectivity index (χ1v) is 44.8. The molecule has 0 amide bonds. The summed E-state index contributed by atoms with van der Waals surface area (Å²) < 4.78 is 145. The number of benzene rings is 8. The van der Waals surface area contributed by atoms with Gasteiger partial charge in [-0.2, -0.15) is 0 Å². The Morgan fingerprint density at radius 3 is 1.01 bits per heavy atom. The molecule has 4 radical (unpaired) electrons. The summed E-state index contributed by atoms with van der Waals surface area (Å²) in [5, 5.41) is 7.36. The van der Waals surface area contributed by atoms with E-state index in [1.165, 1.54) is 66.6 Å². The smallest absolute Gasteiger partial charge is 0.216 e. The van der Waals surface area contributed by atoms with E-state index in [1.807, 2.05) is 221 Å². The van der Waals surface area contributed by atoms with Gasteiger partial charge in [0.15, 0.2) is 0 Å². The zero-order valence-electron chi connectivity index (χ0n) is 95.5. The number of aromatic nitrogens is 12. The summed E-state index contributed by atoms with van der Waals surface area (Å²) in [4.78, 5) is 52.1. The third kappa shape index (κ3) is 25.3. The molecule has 16 heterocycles. The summed E-state index contributed by atoms with van der Waals surface area (Å²) in [7, 11) is 0. The van der Waals surface area contributed by atoms with E-state index in [9.17, 15) is 0 Å². The molecule has 1 unspecified atom stereocenters. The Balaban J connectivity index is 0.000000152. The van der Waals surface area contributed by atoms with E-state index in [2.05, 4.69) is 147 Å². The average Bonchev–Trinajstić information content (AvgIpc) is 1.57. The van der Waals surface area contributed by atoms with Crippen LogP contribution in [0.5, 0.6) is 0 Å². The number of rotatable bonds is 9. The van der Waals surface area contributed by atoms with Crippen molar-refractivity contribution in [1.29, 1.82) is 0 Å². The second-order valence-corrected chi connectivity index (χ2v) is 32.8. The van der Waals surface area contributed by atoms with Gasteiger partial charge in [-0.1, -0.05) is 160 Å². The molecule has 20 heteroatoms. The summed E-state index contributed by atoms with van der Waals surface area (Å²) in [5.74, 6) is -1.85. The van der Waals surface area contributed by atoms with E-state index in [4.69, 9.17) is 39.6 Å². The van der Waals surface area contributed by atoms with Gasteiger partial charge in [0.1, 0.15) is 0 Å². The molecule has 16 nitrogen and oxygen atoms in total. The molecule has 0 saturated heterocycles. The second-order valence-electron chi connectivity index (χ2n) is 32.8. The standard InChI is InChI=1S/C21H19N2O.3C18H13N2O.2C13H12N.C12H10N.C11H8N.4Ir/c1-12(2)15-9-10-22-18(11-15)16-7-5-13(3)19-17-8-6-14(4)23-21(17)24-20(16)19;3*1-11-10-12(2)20-18-16(11)14-7-5-6-13(17(14)21-18)15-8-3-4-9-19-15;2*1-10-8-13(14-9-11(10)2)12-6-4-3-5-7-12;1-10-7-8-12(13-9-10)11-5-3-2-4-6-11;1-2-6-10(7-3-1)11-8-4-5-9-12-11;;;;/h5-6,8-12H,1-4H3;3*3-5,7-10H,1-2H3;2*3-6,8-9H,1-2H3;2-5,7-9H,1H3;1-6,8-9H;;;;/q8*-1;;;;/i1D3,3D3,12D;;;;2*2D3;1D3;;;;;. The minimum atomic E-state index is -2.55. The number of aryl methyl sites for hydroxylation is 13. The van der Waals surface area contributed by atoms with Gasteiger partial charge in [0.25, 0.3) is 0 Å². The summed E-state index contributed by atoms with van der Waals surface area (Å²) in [6.07, 6.45) is 12.8. The first-order valence-electron chi connectivity index (χ1n) is 52.8. The van der Waals surface area contributed by atoms with E-state index >= 15 is 0 Å². The van der Waals surface area contributed by atoms with Crippen molar-refractivity contribution < 1.29 is 120 Å². The van der Waals surface area contributed by atoms with Crippen LogP contribution in [0.4, 0.5) is 0 Å². The predicted octanol–water partition coefficient (Wildman–Crippen LogP) is 30.7. The van der Waals surface area contributed by atoms with Crippen LogP contribution in [0.3, 0.4) is 0 Å².